The minimum Gasteiger partial charge on any atom is -0.390 e. The quantitative estimate of drug-likeness (QED) is 0.875. The highest BCUT2D eigenvalue weighted by atomic mass is 32.1. The van der Waals surface area contributed by atoms with Crippen LogP contribution in [-0.2, 0) is 13.2 Å². The van der Waals surface area contributed by atoms with Crippen LogP contribution >= 0.6 is 11.3 Å². The van der Waals surface area contributed by atoms with E-state index in [0.717, 1.165) is 12.4 Å². The molecule has 0 atom stereocenters. The monoisotopic (exact) mass is 235 g/mol. The van der Waals surface area contributed by atoms with E-state index >= 15 is 0 Å². The Balaban J connectivity index is 2.05. The van der Waals surface area contributed by atoms with Crippen molar-refractivity contribution >= 4 is 17.2 Å². The highest BCUT2D eigenvalue weighted by Gasteiger charge is 2.04. The van der Waals surface area contributed by atoms with Gasteiger partial charge in [-0.25, -0.2) is 4.98 Å². The van der Waals surface area contributed by atoms with Crippen LogP contribution in [-0.4, -0.2) is 22.1 Å². The molecule has 0 bridgehead atoms. The van der Waals surface area contributed by atoms with Crippen molar-refractivity contribution in [3.8, 4) is 0 Å². The Morgan fingerprint density at radius 2 is 2.25 bits per heavy atom. The molecule has 2 heterocycles. The minimum absolute atomic E-state index is 0.0675. The zero-order chi connectivity index (χ0) is 11.4. The molecule has 0 aliphatic rings. The standard InChI is InChI=1S/C11H13N3OS/c1-14(7-10-3-2-4-16-10)11-6-12-9(8-15)5-13-11/h2-6,15H,7-8H2,1H3. The first-order chi connectivity index (χ1) is 7.79. The predicted octanol–water partition coefficient (Wildman–Crippen LogP) is 1.67. The molecule has 4 nitrogen and oxygen atoms in total. The summed E-state index contributed by atoms with van der Waals surface area (Å²) < 4.78 is 0. The third kappa shape index (κ3) is 2.56. The molecule has 1 N–H and O–H groups in total. The normalized spacial score (nSPS) is 10.4. The molecule has 0 aliphatic carbocycles. The van der Waals surface area contributed by atoms with Gasteiger partial charge < -0.3 is 10.0 Å². The van der Waals surface area contributed by atoms with Gasteiger partial charge in [0.1, 0.15) is 5.82 Å². The highest BCUT2D eigenvalue weighted by Crippen LogP contribution is 2.15. The van der Waals surface area contributed by atoms with Crippen molar-refractivity contribution in [3.63, 3.8) is 0 Å². The molecule has 5 heteroatoms. The smallest absolute Gasteiger partial charge is 0.147 e. The number of aliphatic hydroxyl groups is 1. The number of thiophene rings is 1. The summed E-state index contributed by atoms with van der Waals surface area (Å²) in [6.45, 7) is 0.757. The zero-order valence-corrected chi connectivity index (χ0v) is 9.81. The van der Waals surface area contributed by atoms with Crippen LogP contribution in [0.3, 0.4) is 0 Å². The van der Waals surface area contributed by atoms with Crippen LogP contribution in [0, 0.1) is 0 Å². The van der Waals surface area contributed by atoms with E-state index in [0.29, 0.717) is 5.69 Å². The Bertz CT molecular complexity index is 427. The third-order valence-corrected chi connectivity index (χ3v) is 3.08. The molecule has 16 heavy (non-hydrogen) atoms. The minimum atomic E-state index is -0.0675. The summed E-state index contributed by atoms with van der Waals surface area (Å²) in [5.41, 5.74) is 0.591. The van der Waals surface area contributed by atoms with E-state index in [-0.39, 0.29) is 6.61 Å². The molecule has 0 aromatic carbocycles. The molecule has 2 aromatic rings. The first-order valence-electron chi connectivity index (χ1n) is 4.95. The first-order valence-corrected chi connectivity index (χ1v) is 5.83. The van der Waals surface area contributed by atoms with Crippen LogP contribution in [0.5, 0.6) is 0 Å². The molecule has 84 valence electrons. The zero-order valence-electron chi connectivity index (χ0n) is 9.00. The lowest BCUT2D eigenvalue weighted by atomic mass is 10.4. The summed E-state index contributed by atoms with van der Waals surface area (Å²) in [5.74, 6) is 0.811. The topological polar surface area (TPSA) is 49.2 Å². The van der Waals surface area contributed by atoms with E-state index in [2.05, 4.69) is 21.4 Å². The molecule has 0 radical (unpaired) electrons. The van der Waals surface area contributed by atoms with Crippen molar-refractivity contribution in [2.45, 2.75) is 13.2 Å². The fourth-order valence-corrected chi connectivity index (χ4v) is 2.10. The molecule has 0 saturated heterocycles. The number of aliphatic hydroxyl groups excluding tert-OH is 1. The number of anilines is 1. The fraction of sp³-hybridized carbons (Fsp3) is 0.273. The lowest BCUT2D eigenvalue weighted by Gasteiger charge is -2.16. The maximum atomic E-state index is 8.86. The predicted molar refractivity (Wildman–Crippen MR) is 64.4 cm³/mol. The van der Waals surface area contributed by atoms with E-state index < -0.39 is 0 Å². The SMILES string of the molecule is CN(Cc1cccs1)c1cnc(CO)cn1. The van der Waals surface area contributed by atoms with Gasteiger partial charge in [0.15, 0.2) is 0 Å². The molecule has 0 unspecified atom stereocenters. The Labute approximate surface area is 98.2 Å². The molecule has 2 rings (SSSR count). The molecule has 0 spiro atoms. The van der Waals surface area contributed by atoms with Crippen molar-refractivity contribution in [3.05, 3.63) is 40.5 Å². The largest absolute Gasteiger partial charge is 0.390 e. The molecule has 0 aliphatic heterocycles. The Kier molecular flexibility index (Phi) is 3.48. The van der Waals surface area contributed by atoms with Crippen molar-refractivity contribution < 1.29 is 5.11 Å². The van der Waals surface area contributed by atoms with E-state index in [1.54, 1.807) is 23.7 Å². The van der Waals surface area contributed by atoms with Gasteiger partial charge in [-0.2, -0.15) is 0 Å². The molecule has 0 amide bonds. The summed E-state index contributed by atoms with van der Waals surface area (Å²) >= 11 is 1.72. The van der Waals surface area contributed by atoms with Crippen LogP contribution in [0.1, 0.15) is 10.6 Å². The molecule has 0 saturated carbocycles. The third-order valence-electron chi connectivity index (χ3n) is 2.22. The van der Waals surface area contributed by atoms with Crippen molar-refractivity contribution in [2.24, 2.45) is 0 Å². The second kappa shape index (κ2) is 5.05. The van der Waals surface area contributed by atoms with Crippen molar-refractivity contribution in [1.29, 1.82) is 0 Å². The van der Waals surface area contributed by atoms with Gasteiger partial charge >= 0.3 is 0 Å². The molecule has 2 aromatic heterocycles. The van der Waals surface area contributed by atoms with Gasteiger partial charge in [-0.15, -0.1) is 11.3 Å². The highest BCUT2D eigenvalue weighted by molar-refractivity contribution is 7.09. The second-order valence-corrected chi connectivity index (χ2v) is 4.49. The van der Waals surface area contributed by atoms with Crippen molar-refractivity contribution in [2.75, 3.05) is 11.9 Å². The first kappa shape index (κ1) is 11.0. The molecular formula is C11H13N3OS. The maximum absolute atomic E-state index is 8.86. The Morgan fingerprint density at radius 3 is 2.81 bits per heavy atom. The molecule has 0 fully saturated rings. The second-order valence-electron chi connectivity index (χ2n) is 3.46. The van der Waals surface area contributed by atoms with Gasteiger partial charge in [-0.05, 0) is 11.4 Å². The molecular weight excluding hydrogens is 222 g/mol. The summed E-state index contributed by atoms with van der Waals surface area (Å²) in [4.78, 5) is 11.7. The van der Waals surface area contributed by atoms with Crippen molar-refractivity contribution in [1.82, 2.24) is 9.97 Å². The van der Waals surface area contributed by atoms with Crippen LogP contribution in [0.15, 0.2) is 29.9 Å². The lowest BCUT2D eigenvalue weighted by molar-refractivity contribution is 0.276. The average Bonchev–Trinajstić information content (AvgIpc) is 2.82. The summed E-state index contributed by atoms with van der Waals surface area (Å²) in [6.07, 6.45) is 3.28. The number of aromatic nitrogens is 2. The summed E-state index contributed by atoms with van der Waals surface area (Å²) in [6, 6.07) is 4.13. The van der Waals surface area contributed by atoms with Gasteiger partial charge in [0.05, 0.1) is 31.2 Å². The lowest BCUT2D eigenvalue weighted by Crippen LogP contribution is -2.17. The van der Waals surface area contributed by atoms with Crippen LogP contribution < -0.4 is 4.90 Å². The summed E-state index contributed by atoms with van der Waals surface area (Å²) in [7, 11) is 1.97. The van der Waals surface area contributed by atoms with Gasteiger partial charge in [-0.1, -0.05) is 6.07 Å². The number of hydrogen-bond acceptors (Lipinski definition) is 5. The fourth-order valence-electron chi connectivity index (χ4n) is 1.34. The number of rotatable bonds is 4. The number of hydrogen-bond donors (Lipinski definition) is 1. The van der Waals surface area contributed by atoms with E-state index in [4.69, 9.17) is 5.11 Å². The van der Waals surface area contributed by atoms with E-state index in [9.17, 15) is 0 Å². The van der Waals surface area contributed by atoms with E-state index in [1.165, 1.54) is 4.88 Å². The average molecular weight is 235 g/mol. The van der Waals surface area contributed by atoms with Crippen LogP contribution in [0.25, 0.3) is 0 Å². The Hall–Kier alpha value is -1.46. The van der Waals surface area contributed by atoms with Gasteiger partial charge in [0.25, 0.3) is 0 Å². The maximum Gasteiger partial charge on any atom is 0.147 e. The van der Waals surface area contributed by atoms with Gasteiger partial charge in [-0.3, -0.25) is 4.98 Å². The number of nitrogens with zero attached hydrogens (tertiary/aromatic N) is 3. The van der Waals surface area contributed by atoms with Crippen LogP contribution in [0.4, 0.5) is 5.82 Å². The Morgan fingerprint density at radius 1 is 1.38 bits per heavy atom. The van der Waals surface area contributed by atoms with Gasteiger partial charge in [0, 0.05) is 11.9 Å². The van der Waals surface area contributed by atoms with E-state index in [1.807, 2.05) is 18.0 Å². The van der Waals surface area contributed by atoms with Crippen LogP contribution in [0.2, 0.25) is 0 Å². The summed E-state index contributed by atoms with van der Waals surface area (Å²) in [5, 5.41) is 10.9. The van der Waals surface area contributed by atoms with Gasteiger partial charge in [0.2, 0.25) is 0 Å².